The summed E-state index contributed by atoms with van der Waals surface area (Å²) in [7, 11) is 0. The molecule has 84 valence electrons. The van der Waals surface area contributed by atoms with Crippen molar-refractivity contribution >= 4 is 38.9 Å². The molecule has 2 rings (SSSR count). The number of benzene rings is 1. The van der Waals surface area contributed by atoms with Crippen molar-refractivity contribution in [2.45, 2.75) is 0 Å². The van der Waals surface area contributed by atoms with Crippen molar-refractivity contribution in [1.82, 2.24) is 0 Å². The van der Waals surface area contributed by atoms with Gasteiger partial charge in [0.05, 0.1) is 22.2 Å². The molecule has 0 saturated carbocycles. The van der Waals surface area contributed by atoms with Crippen molar-refractivity contribution in [3.05, 3.63) is 50.6 Å². The highest BCUT2D eigenvalue weighted by atomic mass is 79.9. The lowest BCUT2D eigenvalue weighted by atomic mass is 10.2. The number of nitrogens with one attached hydrogen (secondary N) is 1. The van der Waals surface area contributed by atoms with Gasteiger partial charge in [-0.05, 0) is 45.6 Å². The Labute approximate surface area is 111 Å². The number of rotatable bonds is 2. The zero-order chi connectivity index (χ0) is 12.3. The van der Waals surface area contributed by atoms with Crippen molar-refractivity contribution in [2.75, 3.05) is 5.32 Å². The predicted molar refractivity (Wildman–Crippen MR) is 71.1 cm³/mol. The summed E-state index contributed by atoms with van der Waals surface area (Å²) in [5.74, 6) is -0.148. The number of nitriles is 1. The molecular formula is C12H7BrN2OS. The summed E-state index contributed by atoms with van der Waals surface area (Å²) >= 11 is 4.70. The first-order chi connectivity index (χ1) is 8.20. The molecule has 1 heterocycles. The van der Waals surface area contributed by atoms with Gasteiger partial charge >= 0.3 is 0 Å². The van der Waals surface area contributed by atoms with E-state index in [1.54, 1.807) is 24.3 Å². The molecule has 1 aromatic heterocycles. The summed E-state index contributed by atoms with van der Waals surface area (Å²) in [6.45, 7) is 0. The molecule has 0 atom stereocenters. The van der Waals surface area contributed by atoms with Crippen LogP contribution in [0.5, 0.6) is 0 Å². The van der Waals surface area contributed by atoms with Gasteiger partial charge in [-0.2, -0.15) is 5.26 Å². The van der Waals surface area contributed by atoms with Gasteiger partial charge in [-0.1, -0.05) is 6.07 Å². The van der Waals surface area contributed by atoms with Crippen LogP contribution >= 0.6 is 27.3 Å². The molecule has 1 aromatic carbocycles. The zero-order valence-electron chi connectivity index (χ0n) is 8.61. The van der Waals surface area contributed by atoms with Gasteiger partial charge < -0.3 is 5.32 Å². The number of anilines is 1. The standard InChI is InChI=1S/C12H7BrN2OS/c13-9-6-8(7-14)3-4-10(9)15-12(16)11-2-1-5-17-11/h1-6H,(H,15,16). The smallest absolute Gasteiger partial charge is 0.265 e. The van der Waals surface area contributed by atoms with E-state index in [0.29, 0.717) is 20.6 Å². The molecule has 3 nitrogen and oxygen atoms in total. The van der Waals surface area contributed by atoms with Crippen molar-refractivity contribution < 1.29 is 4.79 Å². The average molecular weight is 307 g/mol. The van der Waals surface area contributed by atoms with Crippen LogP contribution in [0.15, 0.2) is 40.2 Å². The SMILES string of the molecule is N#Cc1ccc(NC(=O)c2cccs2)c(Br)c1. The molecule has 0 aliphatic carbocycles. The molecule has 2 aromatic rings. The number of hydrogen-bond acceptors (Lipinski definition) is 3. The van der Waals surface area contributed by atoms with Gasteiger partial charge in [0.25, 0.3) is 5.91 Å². The fourth-order valence-corrected chi connectivity index (χ4v) is 2.37. The quantitative estimate of drug-likeness (QED) is 0.921. The summed E-state index contributed by atoms with van der Waals surface area (Å²) in [5, 5.41) is 13.4. The monoisotopic (exact) mass is 306 g/mol. The van der Waals surface area contributed by atoms with Gasteiger partial charge in [0, 0.05) is 4.47 Å². The number of thiophene rings is 1. The number of nitrogens with zero attached hydrogens (tertiary/aromatic N) is 1. The van der Waals surface area contributed by atoms with E-state index in [2.05, 4.69) is 21.2 Å². The van der Waals surface area contributed by atoms with Crippen molar-refractivity contribution in [1.29, 1.82) is 5.26 Å². The van der Waals surface area contributed by atoms with Crippen LogP contribution in [0.4, 0.5) is 5.69 Å². The third kappa shape index (κ3) is 2.73. The first-order valence-electron chi connectivity index (χ1n) is 4.75. The van der Waals surface area contributed by atoms with E-state index in [-0.39, 0.29) is 5.91 Å². The number of carbonyl (C=O) groups excluding carboxylic acids is 1. The Morgan fingerprint density at radius 1 is 1.41 bits per heavy atom. The molecule has 0 unspecified atom stereocenters. The van der Waals surface area contributed by atoms with Crippen LogP contribution in [-0.4, -0.2) is 5.91 Å². The second kappa shape index (κ2) is 5.13. The fraction of sp³-hybridized carbons (Fsp3) is 0. The highest BCUT2D eigenvalue weighted by molar-refractivity contribution is 9.10. The van der Waals surface area contributed by atoms with E-state index in [9.17, 15) is 4.79 Å². The Morgan fingerprint density at radius 3 is 2.82 bits per heavy atom. The molecule has 0 fully saturated rings. The summed E-state index contributed by atoms with van der Waals surface area (Å²) in [5.41, 5.74) is 1.20. The van der Waals surface area contributed by atoms with Crippen molar-refractivity contribution in [2.24, 2.45) is 0 Å². The maximum atomic E-state index is 11.8. The number of carbonyl (C=O) groups is 1. The van der Waals surface area contributed by atoms with Crippen LogP contribution in [0, 0.1) is 11.3 Å². The van der Waals surface area contributed by atoms with E-state index in [0.717, 1.165) is 0 Å². The predicted octanol–water partition coefficient (Wildman–Crippen LogP) is 3.63. The normalized spacial score (nSPS) is 9.65. The second-order valence-electron chi connectivity index (χ2n) is 3.24. The van der Waals surface area contributed by atoms with E-state index < -0.39 is 0 Å². The van der Waals surface area contributed by atoms with Gasteiger partial charge in [0.1, 0.15) is 0 Å². The summed E-state index contributed by atoms with van der Waals surface area (Å²) in [6, 6.07) is 10.7. The maximum Gasteiger partial charge on any atom is 0.265 e. The molecule has 0 bridgehead atoms. The fourth-order valence-electron chi connectivity index (χ4n) is 1.28. The van der Waals surface area contributed by atoms with Crippen LogP contribution in [-0.2, 0) is 0 Å². The third-order valence-corrected chi connectivity index (χ3v) is 3.62. The Morgan fingerprint density at radius 2 is 2.24 bits per heavy atom. The molecule has 0 aliphatic rings. The summed E-state index contributed by atoms with van der Waals surface area (Å²) in [6.07, 6.45) is 0. The zero-order valence-corrected chi connectivity index (χ0v) is 11.0. The highest BCUT2D eigenvalue weighted by Crippen LogP contribution is 2.24. The molecule has 0 radical (unpaired) electrons. The lowest BCUT2D eigenvalue weighted by Crippen LogP contribution is -2.10. The Hall–Kier alpha value is -1.64. The number of hydrogen-bond donors (Lipinski definition) is 1. The van der Waals surface area contributed by atoms with Gasteiger partial charge in [-0.25, -0.2) is 0 Å². The molecule has 1 N–H and O–H groups in total. The summed E-state index contributed by atoms with van der Waals surface area (Å²) < 4.78 is 0.696. The van der Waals surface area contributed by atoms with Crippen LogP contribution in [0.25, 0.3) is 0 Å². The lowest BCUT2D eigenvalue weighted by molar-refractivity contribution is 0.103. The minimum Gasteiger partial charge on any atom is -0.320 e. The molecule has 17 heavy (non-hydrogen) atoms. The molecule has 0 spiro atoms. The largest absolute Gasteiger partial charge is 0.320 e. The molecule has 1 amide bonds. The number of halogens is 1. The Balaban J connectivity index is 2.20. The third-order valence-electron chi connectivity index (χ3n) is 2.09. The minimum atomic E-state index is -0.148. The summed E-state index contributed by atoms with van der Waals surface area (Å²) in [4.78, 5) is 12.4. The first-order valence-corrected chi connectivity index (χ1v) is 6.42. The van der Waals surface area contributed by atoms with E-state index in [1.165, 1.54) is 11.3 Å². The molecule has 0 saturated heterocycles. The highest BCUT2D eigenvalue weighted by Gasteiger charge is 2.09. The van der Waals surface area contributed by atoms with Crippen molar-refractivity contribution in [3.8, 4) is 6.07 Å². The van der Waals surface area contributed by atoms with Crippen LogP contribution in [0.1, 0.15) is 15.2 Å². The minimum absolute atomic E-state index is 0.148. The van der Waals surface area contributed by atoms with E-state index in [4.69, 9.17) is 5.26 Å². The molecular weight excluding hydrogens is 300 g/mol. The van der Waals surface area contributed by atoms with E-state index in [1.807, 2.05) is 17.5 Å². The van der Waals surface area contributed by atoms with Crippen LogP contribution < -0.4 is 5.32 Å². The Kier molecular flexibility index (Phi) is 3.57. The Bertz CT molecular complexity index is 587. The number of amides is 1. The van der Waals surface area contributed by atoms with Gasteiger partial charge in [-0.15, -0.1) is 11.3 Å². The first kappa shape index (κ1) is 11.8. The van der Waals surface area contributed by atoms with E-state index >= 15 is 0 Å². The topological polar surface area (TPSA) is 52.9 Å². The average Bonchev–Trinajstić information content (AvgIpc) is 2.85. The maximum absolute atomic E-state index is 11.8. The van der Waals surface area contributed by atoms with Crippen LogP contribution in [0.3, 0.4) is 0 Å². The van der Waals surface area contributed by atoms with Crippen molar-refractivity contribution in [3.63, 3.8) is 0 Å². The second-order valence-corrected chi connectivity index (χ2v) is 5.04. The van der Waals surface area contributed by atoms with Gasteiger partial charge in [0.15, 0.2) is 0 Å². The van der Waals surface area contributed by atoms with Gasteiger partial charge in [-0.3, -0.25) is 4.79 Å². The lowest BCUT2D eigenvalue weighted by Gasteiger charge is -2.06. The molecule has 5 heteroatoms. The molecule has 0 aliphatic heterocycles. The van der Waals surface area contributed by atoms with Crippen LogP contribution in [0.2, 0.25) is 0 Å². The van der Waals surface area contributed by atoms with Gasteiger partial charge in [0.2, 0.25) is 0 Å².